The van der Waals surface area contributed by atoms with Crippen LogP contribution < -0.4 is 5.73 Å². The first-order chi connectivity index (χ1) is 24.9. The van der Waals surface area contributed by atoms with Crippen molar-refractivity contribution < 1.29 is 29.3 Å². The second-order valence-corrected chi connectivity index (χ2v) is 12.5. The molecule has 52 heavy (non-hydrogen) atoms. The van der Waals surface area contributed by atoms with E-state index in [0.717, 1.165) is 5.56 Å². The zero-order valence-electron chi connectivity index (χ0n) is 26.9. The Labute approximate surface area is 310 Å². The van der Waals surface area contributed by atoms with Gasteiger partial charge in [0, 0.05) is 50.4 Å². The number of ether oxygens (including phenoxy) is 1. The van der Waals surface area contributed by atoms with Gasteiger partial charge in [-0.1, -0.05) is 90.5 Å². The Balaban J connectivity index is 0.000000212. The number of aromatic nitrogens is 1. The van der Waals surface area contributed by atoms with Crippen LogP contribution >= 0.6 is 35.2 Å². The van der Waals surface area contributed by atoms with Crippen LogP contribution in [0.5, 0.6) is 0 Å². The first kappa shape index (κ1) is 36.9. The summed E-state index contributed by atoms with van der Waals surface area (Å²) in [6, 6.07) is 29.0. The SMILES string of the molecule is COC(=O)c1cc(C(N)=S)ccc1-c1ccccc1[N+](=O)[O-].O=C(O)c1cc(-c2nc(-c3ccccc3Cl)cs2)ccc1-c1ccccc1[N+](=O)[O-]. The van der Waals surface area contributed by atoms with Crippen LogP contribution in [0, 0.1) is 20.2 Å². The molecule has 12 nitrogen and oxygen atoms in total. The summed E-state index contributed by atoms with van der Waals surface area (Å²) >= 11 is 12.5. The van der Waals surface area contributed by atoms with Crippen molar-refractivity contribution in [2.75, 3.05) is 7.11 Å². The number of aromatic carboxylic acids is 1. The normalized spacial score (nSPS) is 10.4. The average molecular weight is 753 g/mol. The monoisotopic (exact) mass is 752 g/mol. The topological polar surface area (TPSA) is 189 Å². The quantitative estimate of drug-likeness (QED) is 0.0620. The molecule has 1 heterocycles. The summed E-state index contributed by atoms with van der Waals surface area (Å²) in [4.78, 5) is 50.1. The molecule has 0 saturated carbocycles. The fourth-order valence-corrected chi connectivity index (χ4v) is 6.40. The average Bonchev–Trinajstić information content (AvgIpc) is 3.64. The summed E-state index contributed by atoms with van der Waals surface area (Å²) in [5, 5.41) is 35.3. The molecule has 0 radical (unpaired) electrons. The number of rotatable bonds is 9. The molecule has 0 spiro atoms. The molecule has 3 N–H and O–H groups in total. The van der Waals surface area contributed by atoms with Gasteiger partial charge in [-0.2, -0.15) is 0 Å². The zero-order valence-corrected chi connectivity index (χ0v) is 29.3. The molecule has 0 bridgehead atoms. The lowest BCUT2D eigenvalue weighted by atomic mass is 9.96. The summed E-state index contributed by atoms with van der Waals surface area (Å²) in [6.45, 7) is 0. The number of hydrogen-bond donors (Lipinski definition) is 2. The Morgan fingerprint density at radius 3 is 1.87 bits per heavy atom. The fraction of sp³-hybridized carbons (Fsp3) is 0.0270. The summed E-state index contributed by atoms with van der Waals surface area (Å²) < 4.78 is 4.74. The maximum atomic E-state index is 12.0. The van der Waals surface area contributed by atoms with Crippen LogP contribution in [0.1, 0.15) is 26.3 Å². The Bertz CT molecular complexity index is 2380. The molecule has 0 atom stereocenters. The van der Waals surface area contributed by atoms with Crippen molar-refractivity contribution in [2.45, 2.75) is 0 Å². The second-order valence-electron chi connectivity index (χ2n) is 10.7. The molecule has 15 heteroatoms. The van der Waals surface area contributed by atoms with Crippen LogP contribution in [0.15, 0.2) is 115 Å². The number of carbonyl (C=O) groups is 2. The van der Waals surface area contributed by atoms with E-state index in [1.165, 1.54) is 42.7 Å². The molecule has 0 aliphatic rings. The molecule has 6 aromatic rings. The first-order valence-electron chi connectivity index (χ1n) is 15.0. The largest absolute Gasteiger partial charge is 0.478 e. The third-order valence-electron chi connectivity index (χ3n) is 7.64. The van der Waals surface area contributed by atoms with Crippen LogP contribution in [0.25, 0.3) is 44.1 Å². The first-order valence-corrected chi connectivity index (χ1v) is 16.7. The number of methoxy groups -OCH3 is 1. The van der Waals surface area contributed by atoms with Crippen LogP contribution in [-0.2, 0) is 4.74 Å². The van der Waals surface area contributed by atoms with Crippen molar-refractivity contribution in [3.05, 3.63) is 157 Å². The molecule has 0 saturated heterocycles. The number of nitrogens with two attached hydrogens (primary N) is 1. The van der Waals surface area contributed by atoms with Crippen LogP contribution in [0.3, 0.4) is 0 Å². The number of nitro benzene ring substituents is 2. The van der Waals surface area contributed by atoms with Crippen molar-refractivity contribution >= 4 is 63.5 Å². The number of nitro groups is 2. The van der Waals surface area contributed by atoms with E-state index in [1.54, 1.807) is 66.7 Å². The third-order valence-corrected chi connectivity index (χ3v) is 9.10. The highest BCUT2D eigenvalue weighted by atomic mass is 35.5. The minimum Gasteiger partial charge on any atom is -0.478 e. The second kappa shape index (κ2) is 16.1. The number of halogens is 1. The van der Waals surface area contributed by atoms with Gasteiger partial charge in [0.25, 0.3) is 11.4 Å². The van der Waals surface area contributed by atoms with Crippen molar-refractivity contribution in [3.63, 3.8) is 0 Å². The maximum Gasteiger partial charge on any atom is 0.338 e. The van der Waals surface area contributed by atoms with E-state index in [1.807, 2.05) is 23.6 Å². The summed E-state index contributed by atoms with van der Waals surface area (Å²) in [7, 11) is 1.24. The van der Waals surface area contributed by atoms with Gasteiger partial charge in [-0.15, -0.1) is 11.3 Å². The van der Waals surface area contributed by atoms with Crippen molar-refractivity contribution in [3.8, 4) is 44.1 Å². The number of carbonyl (C=O) groups excluding carboxylic acids is 1. The van der Waals surface area contributed by atoms with Crippen molar-refractivity contribution in [1.29, 1.82) is 0 Å². The fourth-order valence-electron chi connectivity index (χ4n) is 5.22. The van der Waals surface area contributed by atoms with Crippen LogP contribution in [0.4, 0.5) is 11.4 Å². The molecular formula is C37H25ClN4O8S2. The predicted molar refractivity (Wildman–Crippen MR) is 203 cm³/mol. The highest BCUT2D eigenvalue weighted by Crippen LogP contribution is 2.37. The van der Waals surface area contributed by atoms with E-state index in [-0.39, 0.29) is 38.6 Å². The zero-order chi connectivity index (χ0) is 37.5. The number of carboxylic acids is 1. The third kappa shape index (κ3) is 8.00. The summed E-state index contributed by atoms with van der Waals surface area (Å²) in [6.07, 6.45) is 0. The van der Waals surface area contributed by atoms with Gasteiger partial charge < -0.3 is 15.6 Å². The van der Waals surface area contributed by atoms with E-state index in [2.05, 4.69) is 4.98 Å². The van der Waals surface area contributed by atoms with Crippen molar-refractivity contribution in [2.24, 2.45) is 5.73 Å². The number of hydrogen-bond acceptors (Lipinski definition) is 10. The Morgan fingerprint density at radius 1 is 0.788 bits per heavy atom. The smallest absolute Gasteiger partial charge is 0.338 e. The van der Waals surface area contributed by atoms with Gasteiger partial charge in [-0.25, -0.2) is 14.6 Å². The van der Waals surface area contributed by atoms with E-state index in [4.69, 9.17) is 34.3 Å². The highest BCUT2D eigenvalue weighted by Gasteiger charge is 2.23. The van der Waals surface area contributed by atoms with Gasteiger partial charge in [0.15, 0.2) is 0 Å². The number of thiazole rings is 1. The molecule has 0 fully saturated rings. The number of esters is 1. The van der Waals surface area contributed by atoms with E-state index < -0.39 is 21.8 Å². The number of carboxylic acid groups (broad SMARTS) is 1. The summed E-state index contributed by atoms with van der Waals surface area (Å²) in [5.41, 5.74) is 9.27. The Kier molecular flexibility index (Phi) is 11.4. The molecule has 0 amide bonds. The highest BCUT2D eigenvalue weighted by molar-refractivity contribution is 7.80. The lowest BCUT2D eigenvalue weighted by Crippen LogP contribution is -2.12. The molecule has 1 aromatic heterocycles. The molecule has 0 unspecified atom stereocenters. The number of nitrogens with zero attached hydrogens (tertiary/aromatic N) is 3. The molecule has 0 aliphatic heterocycles. The lowest BCUT2D eigenvalue weighted by molar-refractivity contribution is -0.384. The molecule has 6 rings (SSSR count). The van der Waals surface area contributed by atoms with Gasteiger partial charge in [0.2, 0.25) is 0 Å². The Hall–Kier alpha value is -6.35. The van der Waals surface area contributed by atoms with Gasteiger partial charge in [0.05, 0.1) is 44.9 Å². The van der Waals surface area contributed by atoms with E-state index >= 15 is 0 Å². The van der Waals surface area contributed by atoms with Crippen LogP contribution in [-0.4, -0.2) is 44.0 Å². The van der Waals surface area contributed by atoms with Crippen LogP contribution in [0.2, 0.25) is 5.02 Å². The number of para-hydroxylation sites is 2. The van der Waals surface area contributed by atoms with Crippen molar-refractivity contribution in [1.82, 2.24) is 4.98 Å². The van der Waals surface area contributed by atoms with E-state index in [9.17, 15) is 34.9 Å². The van der Waals surface area contributed by atoms with Gasteiger partial charge >= 0.3 is 11.9 Å². The predicted octanol–water partition coefficient (Wildman–Crippen LogP) is 9.09. The van der Waals surface area contributed by atoms with E-state index in [0.29, 0.717) is 38.0 Å². The van der Waals surface area contributed by atoms with Gasteiger partial charge in [-0.3, -0.25) is 20.2 Å². The Morgan fingerprint density at radius 2 is 1.33 bits per heavy atom. The summed E-state index contributed by atoms with van der Waals surface area (Å²) in [5.74, 6) is -1.79. The van der Waals surface area contributed by atoms with Gasteiger partial charge in [0.1, 0.15) is 10.00 Å². The standard InChI is InChI=1S/C22H13ClN2O4S.C15H12N2O4S/c23-18-7-3-1-6-16(18)19-12-30-21(24-19)13-9-10-14(17(11-13)22(26)27)15-5-2-4-8-20(15)25(28)29;1-21-15(18)12-8-9(14(16)22)6-7-10(12)11-4-2-3-5-13(11)17(19)20/h1-12H,(H,26,27);2-8H,1H3,(H2,16,22). The maximum absolute atomic E-state index is 12.0. The molecule has 260 valence electrons. The minimum atomic E-state index is -1.17. The van der Waals surface area contributed by atoms with Gasteiger partial charge in [-0.05, 0) is 30.3 Å². The molecular weight excluding hydrogens is 728 g/mol. The number of benzene rings is 5. The molecule has 0 aliphatic carbocycles. The molecule has 5 aromatic carbocycles. The lowest BCUT2D eigenvalue weighted by Gasteiger charge is -2.10. The minimum absolute atomic E-state index is 0.0312. The number of thiocarbonyl (C=S) groups is 1.